The quantitative estimate of drug-likeness (QED) is 0.551. The van der Waals surface area contributed by atoms with Crippen molar-refractivity contribution < 1.29 is 23.9 Å². The Kier molecular flexibility index (Phi) is 5.57. The van der Waals surface area contributed by atoms with Crippen LogP contribution >= 0.6 is 0 Å². The smallest absolute Gasteiger partial charge is 0.326 e. The zero-order chi connectivity index (χ0) is 15.1. The Morgan fingerprint density at radius 3 is 2.60 bits per heavy atom. The number of nitrogens with two attached hydrogens (primary N) is 1. The first-order valence-corrected chi connectivity index (χ1v) is 5.99. The summed E-state index contributed by atoms with van der Waals surface area (Å²) in [5.74, 6) is -1.43. The summed E-state index contributed by atoms with van der Waals surface area (Å²) in [5.41, 5.74) is 4.91. The van der Waals surface area contributed by atoms with Gasteiger partial charge in [-0.05, 0) is 19.1 Å². The highest BCUT2D eigenvalue weighted by Crippen LogP contribution is 2.03. The molecule has 0 bridgehead atoms. The minimum atomic E-state index is -1.34. The number of aliphatic carboxylic acids is 1. The number of carboxylic acid groups (broad SMARTS) is 1. The van der Waals surface area contributed by atoms with Crippen LogP contribution in [0.3, 0.4) is 0 Å². The number of carbonyl (C=O) groups excluding carboxylic acids is 2. The van der Waals surface area contributed by atoms with E-state index in [9.17, 15) is 14.4 Å². The second kappa shape index (κ2) is 7.17. The number of carbonyl (C=O) groups is 3. The van der Waals surface area contributed by atoms with E-state index in [0.717, 1.165) is 0 Å². The highest BCUT2D eigenvalue weighted by atomic mass is 16.4. The number of amides is 3. The molecule has 0 saturated carbocycles. The lowest BCUT2D eigenvalue weighted by atomic mass is 10.2. The fourth-order valence-electron chi connectivity index (χ4n) is 1.61. The molecule has 8 nitrogen and oxygen atoms in total. The van der Waals surface area contributed by atoms with E-state index in [4.69, 9.17) is 15.3 Å². The highest BCUT2D eigenvalue weighted by Gasteiger charge is 2.22. The summed E-state index contributed by atoms with van der Waals surface area (Å²) in [5, 5.41) is 13.6. The molecule has 110 valence electrons. The monoisotopic (exact) mass is 283 g/mol. The van der Waals surface area contributed by atoms with Crippen LogP contribution in [0.1, 0.15) is 19.1 Å². The Labute approximate surface area is 115 Å². The van der Waals surface area contributed by atoms with Crippen LogP contribution in [0.25, 0.3) is 0 Å². The van der Waals surface area contributed by atoms with Gasteiger partial charge in [-0.2, -0.15) is 0 Å². The Bertz CT molecular complexity index is 471. The van der Waals surface area contributed by atoms with Gasteiger partial charge >= 0.3 is 12.0 Å². The molecule has 20 heavy (non-hydrogen) atoms. The molecule has 0 saturated heterocycles. The van der Waals surface area contributed by atoms with Crippen molar-refractivity contribution in [3.05, 3.63) is 24.2 Å². The van der Waals surface area contributed by atoms with Gasteiger partial charge in [0.1, 0.15) is 11.8 Å². The lowest BCUT2D eigenvalue weighted by molar-refractivity contribution is -0.140. The number of carboxylic acids is 1. The number of rotatable bonds is 7. The van der Waals surface area contributed by atoms with E-state index in [1.807, 2.05) is 0 Å². The summed E-state index contributed by atoms with van der Waals surface area (Å²) in [6.45, 7) is 1.74. The van der Waals surface area contributed by atoms with Gasteiger partial charge in [0.25, 0.3) is 0 Å². The fraction of sp³-hybridized carbons (Fsp3) is 0.417. The minimum absolute atomic E-state index is 0.260. The molecule has 0 fully saturated rings. The van der Waals surface area contributed by atoms with E-state index in [1.54, 1.807) is 19.1 Å². The van der Waals surface area contributed by atoms with Crippen molar-refractivity contribution in [1.82, 2.24) is 10.6 Å². The molecule has 5 N–H and O–H groups in total. The summed E-state index contributed by atoms with van der Waals surface area (Å²) < 4.78 is 5.13. The summed E-state index contributed by atoms with van der Waals surface area (Å²) in [6.07, 6.45) is 1.53. The topological polar surface area (TPSA) is 135 Å². The van der Waals surface area contributed by atoms with Crippen LogP contribution in [0.5, 0.6) is 0 Å². The Hall–Kier alpha value is -2.51. The summed E-state index contributed by atoms with van der Waals surface area (Å²) in [7, 11) is 0. The zero-order valence-electron chi connectivity index (χ0n) is 11.0. The van der Waals surface area contributed by atoms with Gasteiger partial charge in [-0.25, -0.2) is 9.59 Å². The molecule has 0 spiro atoms. The van der Waals surface area contributed by atoms with E-state index < -0.39 is 30.4 Å². The second-order valence-corrected chi connectivity index (χ2v) is 4.36. The maximum absolute atomic E-state index is 11.6. The molecule has 8 heteroatoms. The predicted molar refractivity (Wildman–Crippen MR) is 68.8 cm³/mol. The SMILES string of the molecule is CC(Cc1ccco1)NC(=O)NC(CC(N)=O)C(=O)O. The van der Waals surface area contributed by atoms with Crippen LogP contribution in [-0.4, -0.2) is 35.1 Å². The Morgan fingerprint density at radius 2 is 2.10 bits per heavy atom. The third-order valence-corrected chi connectivity index (χ3v) is 2.47. The average Bonchev–Trinajstić information content (AvgIpc) is 2.79. The lowest BCUT2D eigenvalue weighted by Gasteiger charge is -2.17. The van der Waals surface area contributed by atoms with Crippen molar-refractivity contribution >= 4 is 17.9 Å². The maximum atomic E-state index is 11.6. The molecule has 0 aliphatic rings. The minimum Gasteiger partial charge on any atom is -0.480 e. The standard InChI is InChI=1S/C12H17N3O5/c1-7(5-8-3-2-4-20-8)14-12(19)15-9(11(17)18)6-10(13)16/h2-4,7,9H,5-6H2,1H3,(H2,13,16)(H,17,18)(H2,14,15,19). The summed E-state index contributed by atoms with van der Waals surface area (Å²) >= 11 is 0. The zero-order valence-corrected chi connectivity index (χ0v) is 11.0. The third kappa shape index (κ3) is 5.42. The molecule has 0 aromatic carbocycles. The molecule has 0 aliphatic heterocycles. The van der Waals surface area contributed by atoms with Gasteiger partial charge in [0.15, 0.2) is 0 Å². The van der Waals surface area contributed by atoms with E-state index >= 15 is 0 Å². The van der Waals surface area contributed by atoms with Crippen LogP contribution in [0.4, 0.5) is 4.79 Å². The number of primary amides is 1. The third-order valence-electron chi connectivity index (χ3n) is 2.47. The first-order valence-electron chi connectivity index (χ1n) is 5.99. The summed E-state index contributed by atoms with van der Waals surface area (Å²) in [4.78, 5) is 33.2. The average molecular weight is 283 g/mol. The molecular formula is C12H17N3O5. The first kappa shape index (κ1) is 15.5. The maximum Gasteiger partial charge on any atom is 0.326 e. The second-order valence-electron chi connectivity index (χ2n) is 4.36. The first-order chi connectivity index (χ1) is 9.38. The van der Waals surface area contributed by atoms with E-state index in [0.29, 0.717) is 12.2 Å². The molecule has 2 unspecified atom stereocenters. The van der Waals surface area contributed by atoms with Gasteiger partial charge in [-0.3, -0.25) is 4.79 Å². The highest BCUT2D eigenvalue weighted by molar-refractivity contribution is 5.87. The van der Waals surface area contributed by atoms with Gasteiger partial charge < -0.3 is 25.9 Å². The van der Waals surface area contributed by atoms with Crippen molar-refractivity contribution in [2.24, 2.45) is 5.73 Å². The molecular weight excluding hydrogens is 266 g/mol. The van der Waals surface area contributed by atoms with Crippen LogP contribution < -0.4 is 16.4 Å². The van der Waals surface area contributed by atoms with Crippen LogP contribution in [-0.2, 0) is 16.0 Å². The largest absolute Gasteiger partial charge is 0.480 e. The van der Waals surface area contributed by atoms with E-state index in [1.165, 1.54) is 6.26 Å². The van der Waals surface area contributed by atoms with Crippen molar-refractivity contribution in [1.29, 1.82) is 0 Å². The molecule has 0 radical (unpaired) electrons. The van der Waals surface area contributed by atoms with Crippen LogP contribution in [0, 0.1) is 0 Å². The number of nitrogens with one attached hydrogen (secondary N) is 2. The van der Waals surface area contributed by atoms with E-state index in [-0.39, 0.29) is 6.04 Å². The molecule has 3 amide bonds. The Balaban J connectivity index is 2.44. The Morgan fingerprint density at radius 1 is 1.40 bits per heavy atom. The van der Waals surface area contributed by atoms with Gasteiger partial charge in [-0.15, -0.1) is 0 Å². The molecule has 0 aliphatic carbocycles. The molecule has 1 heterocycles. The van der Waals surface area contributed by atoms with Crippen LogP contribution in [0.2, 0.25) is 0 Å². The van der Waals surface area contributed by atoms with Crippen molar-refractivity contribution in [3.63, 3.8) is 0 Å². The summed E-state index contributed by atoms with van der Waals surface area (Å²) in [6, 6.07) is 1.21. The molecule has 1 aromatic rings. The number of hydrogen-bond acceptors (Lipinski definition) is 4. The van der Waals surface area contributed by atoms with Gasteiger partial charge in [0.2, 0.25) is 5.91 Å². The fourth-order valence-corrected chi connectivity index (χ4v) is 1.61. The normalized spacial score (nSPS) is 13.2. The van der Waals surface area contributed by atoms with Crippen molar-refractivity contribution in [2.45, 2.75) is 31.8 Å². The van der Waals surface area contributed by atoms with Crippen molar-refractivity contribution in [3.8, 4) is 0 Å². The molecule has 2 atom stereocenters. The number of urea groups is 1. The lowest BCUT2D eigenvalue weighted by Crippen LogP contribution is -2.50. The number of hydrogen-bond donors (Lipinski definition) is 4. The van der Waals surface area contributed by atoms with Gasteiger partial charge in [0.05, 0.1) is 12.7 Å². The van der Waals surface area contributed by atoms with Crippen molar-refractivity contribution in [2.75, 3.05) is 0 Å². The molecule has 1 aromatic heterocycles. The molecule has 1 rings (SSSR count). The van der Waals surface area contributed by atoms with E-state index in [2.05, 4.69) is 10.6 Å². The predicted octanol–water partition coefficient (Wildman–Crippen LogP) is -0.162. The number of furan rings is 1. The van der Waals surface area contributed by atoms with Gasteiger partial charge in [0, 0.05) is 12.5 Å². The van der Waals surface area contributed by atoms with Gasteiger partial charge in [-0.1, -0.05) is 0 Å². The van der Waals surface area contributed by atoms with Crippen LogP contribution in [0.15, 0.2) is 22.8 Å².